The maximum absolute atomic E-state index is 12.7. The third-order valence-electron chi connectivity index (χ3n) is 4.76. The molecule has 0 N–H and O–H groups in total. The summed E-state index contributed by atoms with van der Waals surface area (Å²) < 4.78 is 2.02. The molecule has 26 heavy (non-hydrogen) atoms. The van der Waals surface area contributed by atoms with Crippen LogP contribution in [0.3, 0.4) is 0 Å². The second-order valence-corrected chi connectivity index (χ2v) is 7.65. The summed E-state index contributed by atoms with van der Waals surface area (Å²) in [5.74, 6) is 0.998. The molecule has 5 nitrogen and oxygen atoms in total. The number of imidazole rings is 1. The quantitative estimate of drug-likeness (QED) is 0.647. The van der Waals surface area contributed by atoms with Crippen LogP contribution in [0, 0.1) is 6.92 Å². The molecule has 3 aromatic rings. The summed E-state index contributed by atoms with van der Waals surface area (Å²) in [7, 11) is 0. The fraction of sp³-hybridized carbons (Fsp3) is 0.350. The molecule has 2 aromatic heterocycles. The maximum atomic E-state index is 12.7. The molecule has 0 aliphatic carbocycles. The topological polar surface area (TPSA) is 51.0 Å². The summed E-state index contributed by atoms with van der Waals surface area (Å²) in [4.78, 5) is 23.6. The van der Waals surface area contributed by atoms with Crippen molar-refractivity contribution in [1.82, 2.24) is 19.4 Å². The number of amides is 1. The fourth-order valence-corrected chi connectivity index (χ4v) is 4.21. The van der Waals surface area contributed by atoms with Gasteiger partial charge in [-0.15, -0.1) is 0 Å². The Balaban J connectivity index is 1.58. The standard InChI is InChI=1S/C20H22N4OS/c1-15-4-6-16(7-5-15)14-26-20-22-17-8-9-21-12-18(17)24(20)13-19(25)23-10-2-3-11-23/h4-9,12H,2-3,10-11,13-14H2,1H3. The van der Waals surface area contributed by atoms with E-state index in [1.54, 1.807) is 24.2 Å². The first kappa shape index (κ1) is 17.1. The van der Waals surface area contributed by atoms with Gasteiger partial charge in [0.15, 0.2) is 5.16 Å². The number of fused-ring (bicyclic) bond motifs is 1. The Morgan fingerprint density at radius 2 is 1.92 bits per heavy atom. The van der Waals surface area contributed by atoms with Gasteiger partial charge in [-0.25, -0.2) is 4.98 Å². The van der Waals surface area contributed by atoms with E-state index >= 15 is 0 Å². The number of benzene rings is 1. The summed E-state index contributed by atoms with van der Waals surface area (Å²) in [5, 5.41) is 0.876. The van der Waals surface area contributed by atoms with Crippen molar-refractivity contribution in [3.05, 3.63) is 53.9 Å². The summed E-state index contributed by atoms with van der Waals surface area (Å²) in [6.45, 7) is 4.16. The maximum Gasteiger partial charge on any atom is 0.242 e. The van der Waals surface area contributed by atoms with E-state index in [4.69, 9.17) is 4.98 Å². The van der Waals surface area contributed by atoms with E-state index in [0.29, 0.717) is 6.54 Å². The normalized spacial score (nSPS) is 14.3. The van der Waals surface area contributed by atoms with Crippen molar-refractivity contribution in [1.29, 1.82) is 0 Å². The second-order valence-electron chi connectivity index (χ2n) is 6.71. The summed E-state index contributed by atoms with van der Waals surface area (Å²) in [5.41, 5.74) is 4.32. The number of carbonyl (C=O) groups is 1. The van der Waals surface area contributed by atoms with Crippen LogP contribution in [0.2, 0.25) is 0 Å². The SMILES string of the molecule is Cc1ccc(CSc2nc3ccncc3n2CC(=O)N2CCCC2)cc1. The van der Waals surface area contributed by atoms with Crippen molar-refractivity contribution in [2.45, 2.75) is 37.2 Å². The van der Waals surface area contributed by atoms with Crippen LogP contribution in [-0.2, 0) is 17.1 Å². The van der Waals surface area contributed by atoms with Gasteiger partial charge in [0, 0.05) is 25.0 Å². The molecule has 1 aliphatic heterocycles. The highest BCUT2D eigenvalue weighted by Crippen LogP contribution is 2.27. The number of hydrogen-bond donors (Lipinski definition) is 0. The molecule has 0 unspecified atom stereocenters. The average molecular weight is 366 g/mol. The zero-order chi connectivity index (χ0) is 17.9. The number of rotatable bonds is 5. The minimum absolute atomic E-state index is 0.169. The van der Waals surface area contributed by atoms with E-state index in [1.165, 1.54) is 11.1 Å². The Hall–Kier alpha value is -2.34. The predicted molar refractivity (Wildman–Crippen MR) is 104 cm³/mol. The first-order valence-electron chi connectivity index (χ1n) is 8.97. The van der Waals surface area contributed by atoms with Gasteiger partial charge in [0.25, 0.3) is 0 Å². The Morgan fingerprint density at radius 1 is 1.15 bits per heavy atom. The zero-order valence-electron chi connectivity index (χ0n) is 14.9. The number of hydrogen-bond acceptors (Lipinski definition) is 4. The summed E-state index contributed by atoms with van der Waals surface area (Å²) in [6, 6.07) is 10.4. The number of likely N-dealkylation sites (tertiary alicyclic amines) is 1. The second kappa shape index (κ2) is 7.50. The van der Waals surface area contributed by atoms with Crippen LogP contribution in [-0.4, -0.2) is 38.4 Å². The Kier molecular flexibility index (Phi) is 4.93. The van der Waals surface area contributed by atoms with Gasteiger partial charge in [-0.05, 0) is 31.4 Å². The molecule has 134 valence electrons. The molecule has 0 bridgehead atoms. The van der Waals surface area contributed by atoms with E-state index in [1.807, 2.05) is 15.5 Å². The van der Waals surface area contributed by atoms with Crippen LogP contribution in [0.15, 0.2) is 47.9 Å². The Morgan fingerprint density at radius 3 is 2.69 bits per heavy atom. The Bertz CT molecular complexity index is 913. The number of aryl methyl sites for hydroxylation is 1. The number of carbonyl (C=O) groups excluding carboxylic acids is 1. The number of aromatic nitrogens is 3. The molecule has 0 spiro atoms. The van der Waals surface area contributed by atoms with Gasteiger partial charge in [-0.3, -0.25) is 9.78 Å². The van der Waals surface area contributed by atoms with Crippen molar-refractivity contribution >= 4 is 28.7 Å². The lowest BCUT2D eigenvalue weighted by Gasteiger charge is -2.16. The highest BCUT2D eigenvalue weighted by atomic mass is 32.2. The molecule has 1 saturated heterocycles. The molecule has 1 fully saturated rings. The lowest BCUT2D eigenvalue weighted by atomic mass is 10.2. The van der Waals surface area contributed by atoms with Crippen LogP contribution in [0.5, 0.6) is 0 Å². The number of thioether (sulfide) groups is 1. The molecule has 3 heterocycles. The molecular weight excluding hydrogens is 344 g/mol. The minimum Gasteiger partial charge on any atom is -0.341 e. The fourth-order valence-electron chi connectivity index (χ4n) is 3.24. The Labute approximate surface area is 157 Å². The smallest absolute Gasteiger partial charge is 0.242 e. The average Bonchev–Trinajstić information content (AvgIpc) is 3.30. The third-order valence-corrected chi connectivity index (χ3v) is 5.80. The third kappa shape index (κ3) is 3.60. The number of pyridine rings is 1. The van der Waals surface area contributed by atoms with Gasteiger partial charge in [-0.2, -0.15) is 0 Å². The van der Waals surface area contributed by atoms with Gasteiger partial charge in [-0.1, -0.05) is 41.6 Å². The molecule has 0 saturated carbocycles. The number of nitrogens with zero attached hydrogens (tertiary/aromatic N) is 4. The predicted octanol–water partition coefficient (Wildman–Crippen LogP) is 3.65. The van der Waals surface area contributed by atoms with Crippen molar-refractivity contribution < 1.29 is 4.79 Å². The monoisotopic (exact) mass is 366 g/mol. The van der Waals surface area contributed by atoms with E-state index in [0.717, 1.165) is 47.9 Å². The molecule has 4 rings (SSSR count). The molecule has 6 heteroatoms. The van der Waals surface area contributed by atoms with Crippen LogP contribution < -0.4 is 0 Å². The molecule has 0 radical (unpaired) electrons. The lowest BCUT2D eigenvalue weighted by molar-refractivity contribution is -0.130. The van der Waals surface area contributed by atoms with E-state index in [2.05, 4.69) is 36.2 Å². The highest BCUT2D eigenvalue weighted by molar-refractivity contribution is 7.98. The van der Waals surface area contributed by atoms with Gasteiger partial charge >= 0.3 is 0 Å². The molecule has 0 atom stereocenters. The van der Waals surface area contributed by atoms with Gasteiger partial charge in [0.2, 0.25) is 5.91 Å². The van der Waals surface area contributed by atoms with E-state index in [-0.39, 0.29) is 5.91 Å². The van der Waals surface area contributed by atoms with Crippen molar-refractivity contribution in [2.75, 3.05) is 13.1 Å². The highest BCUT2D eigenvalue weighted by Gasteiger charge is 2.21. The van der Waals surface area contributed by atoms with Crippen LogP contribution in [0.4, 0.5) is 0 Å². The molecule has 1 aliphatic rings. The largest absolute Gasteiger partial charge is 0.341 e. The van der Waals surface area contributed by atoms with Crippen molar-refractivity contribution in [2.24, 2.45) is 0 Å². The van der Waals surface area contributed by atoms with Crippen molar-refractivity contribution in [3.63, 3.8) is 0 Å². The molecule has 1 amide bonds. The van der Waals surface area contributed by atoms with E-state index < -0.39 is 0 Å². The lowest BCUT2D eigenvalue weighted by Crippen LogP contribution is -2.31. The summed E-state index contributed by atoms with van der Waals surface area (Å²) >= 11 is 1.67. The van der Waals surface area contributed by atoms with Gasteiger partial charge < -0.3 is 9.47 Å². The van der Waals surface area contributed by atoms with Crippen LogP contribution in [0.25, 0.3) is 11.0 Å². The van der Waals surface area contributed by atoms with Gasteiger partial charge in [0.05, 0.1) is 17.2 Å². The van der Waals surface area contributed by atoms with Crippen LogP contribution >= 0.6 is 11.8 Å². The first-order valence-corrected chi connectivity index (χ1v) is 9.95. The van der Waals surface area contributed by atoms with Gasteiger partial charge in [0.1, 0.15) is 6.54 Å². The zero-order valence-corrected chi connectivity index (χ0v) is 15.7. The minimum atomic E-state index is 0.169. The molecular formula is C20H22N4OS. The van der Waals surface area contributed by atoms with Crippen molar-refractivity contribution in [3.8, 4) is 0 Å². The van der Waals surface area contributed by atoms with E-state index in [9.17, 15) is 4.79 Å². The summed E-state index contributed by atoms with van der Waals surface area (Å²) in [6.07, 6.45) is 5.76. The molecule has 1 aromatic carbocycles. The first-order chi connectivity index (χ1) is 12.7. The van der Waals surface area contributed by atoms with Crippen LogP contribution in [0.1, 0.15) is 24.0 Å².